The Morgan fingerprint density at radius 1 is 0.714 bits per heavy atom. The topological polar surface area (TPSA) is 68.3 Å². The Morgan fingerprint density at radius 2 is 1.29 bits per heavy atom. The molecule has 0 unspecified atom stereocenters. The van der Waals surface area contributed by atoms with Crippen molar-refractivity contribution < 1.29 is 52.7 Å². The van der Waals surface area contributed by atoms with Crippen LogP contribution in [-0.4, -0.2) is 13.4 Å². The van der Waals surface area contributed by atoms with Crippen LogP contribution in [0.25, 0.3) is 0 Å². The van der Waals surface area contributed by atoms with Crippen LogP contribution in [0.4, 0.5) is 45.2 Å². The third-order valence-corrected chi connectivity index (χ3v) is 5.62. The Balaban J connectivity index is 2.13. The largest absolute Gasteiger partial charge is 0.437 e. The molecule has 3 aromatic rings. The number of alkyl halides is 9. The van der Waals surface area contributed by atoms with Crippen LogP contribution in [-0.2, 0) is 28.6 Å². The Bertz CT molecular complexity index is 1290. The second kappa shape index (κ2) is 8.94. The lowest BCUT2D eigenvalue weighted by Crippen LogP contribution is -2.18. The number of halogens is 9. The van der Waals surface area contributed by atoms with Crippen molar-refractivity contribution in [2.75, 3.05) is 4.72 Å². The van der Waals surface area contributed by atoms with Gasteiger partial charge in [-0.2, -0.15) is 39.5 Å². The first kappa shape index (κ1) is 26.1. The summed E-state index contributed by atoms with van der Waals surface area (Å²) in [7, 11) is -5.27. The second-order valence-electron chi connectivity index (χ2n) is 6.83. The second-order valence-corrected chi connectivity index (χ2v) is 8.51. The van der Waals surface area contributed by atoms with Gasteiger partial charge in [-0.05, 0) is 42.5 Å². The minimum atomic E-state index is -5.35. The summed E-state index contributed by atoms with van der Waals surface area (Å²) in [5.74, 6) is -0.741. The number of sulfonamides is 1. The molecule has 0 atom stereocenters. The fourth-order valence-corrected chi connectivity index (χ4v) is 3.81. The van der Waals surface area contributed by atoms with Crippen LogP contribution >= 0.6 is 0 Å². The maximum absolute atomic E-state index is 13.2. The number of aromatic nitrogens is 1. The molecule has 0 aliphatic heterocycles. The lowest BCUT2D eigenvalue weighted by atomic mass is 10.1. The zero-order chi connectivity index (χ0) is 26.2. The molecule has 15 heteroatoms. The van der Waals surface area contributed by atoms with Crippen molar-refractivity contribution in [2.45, 2.75) is 23.4 Å². The molecule has 5 nitrogen and oxygen atoms in total. The van der Waals surface area contributed by atoms with E-state index >= 15 is 0 Å². The van der Waals surface area contributed by atoms with Gasteiger partial charge in [0, 0.05) is 12.3 Å². The Hall–Kier alpha value is -3.49. The van der Waals surface area contributed by atoms with Crippen LogP contribution in [0.2, 0.25) is 0 Å². The summed E-state index contributed by atoms with van der Waals surface area (Å²) < 4.78 is 150. The van der Waals surface area contributed by atoms with Gasteiger partial charge in [0.1, 0.15) is 0 Å². The van der Waals surface area contributed by atoms with Gasteiger partial charge in [0.15, 0.2) is 5.75 Å². The molecule has 0 aliphatic rings. The van der Waals surface area contributed by atoms with E-state index in [4.69, 9.17) is 4.74 Å². The van der Waals surface area contributed by atoms with E-state index in [9.17, 15) is 47.9 Å². The number of ether oxygens (including phenoxy) is 1. The van der Waals surface area contributed by atoms with Gasteiger partial charge < -0.3 is 4.74 Å². The molecule has 1 heterocycles. The molecule has 0 aliphatic carbocycles. The average molecular weight is 530 g/mol. The van der Waals surface area contributed by atoms with Crippen LogP contribution in [0.5, 0.6) is 11.6 Å². The quantitative estimate of drug-likeness (QED) is 0.372. The van der Waals surface area contributed by atoms with Gasteiger partial charge in [-0.3, -0.25) is 4.72 Å². The molecule has 35 heavy (non-hydrogen) atoms. The highest BCUT2D eigenvalue weighted by molar-refractivity contribution is 7.92. The molecule has 0 spiro atoms. The SMILES string of the molecule is O=S(=O)(Nc1cc(C(F)(F)F)ccc1Oc1ccccn1)c1cc(C(F)(F)F)cc(C(F)(F)F)c1. The first-order chi connectivity index (χ1) is 16.0. The Kier molecular flexibility index (Phi) is 6.67. The molecular formula is C20H11F9N2O3S. The molecule has 0 amide bonds. The molecule has 1 aromatic heterocycles. The molecule has 3 rings (SSSR count). The predicted octanol–water partition coefficient (Wildman–Crippen LogP) is 6.73. The van der Waals surface area contributed by atoms with Crippen molar-refractivity contribution in [3.8, 4) is 11.6 Å². The van der Waals surface area contributed by atoms with Crippen molar-refractivity contribution in [1.29, 1.82) is 0 Å². The maximum Gasteiger partial charge on any atom is 0.416 e. The first-order valence-corrected chi connectivity index (χ1v) is 10.6. The summed E-state index contributed by atoms with van der Waals surface area (Å²) in [5.41, 5.74) is -6.14. The first-order valence-electron chi connectivity index (χ1n) is 9.09. The molecule has 2 aromatic carbocycles. The number of hydrogen-bond acceptors (Lipinski definition) is 4. The van der Waals surface area contributed by atoms with E-state index in [0.29, 0.717) is 12.1 Å². The van der Waals surface area contributed by atoms with E-state index < -0.39 is 61.6 Å². The maximum atomic E-state index is 13.2. The summed E-state index contributed by atoms with van der Waals surface area (Å²) in [6, 6.07) is 5.22. The number of benzene rings is 2. The smallest absolute Gasteiger partial charge is 0.416 e. The number of anilines is 1. The monoisotopic (exact) mass is 530 g/mol. The van der Waals surface area contributed by atoms with Crippen LogP contribution in [0.15, 0.2) is 65.7 Å². The van der Waals surface area contributed by atoms with E-state index in [1.54, 1.807) is 4.72 Å². The third-order valence-electron chi connectivity index (χ3n) is 4.27. The fraction of sp³-hybridized carbons (Fsp3) is 0.150. The van der Waals surface area contributed by atoms with E-state index in [0.717, 1.165) is 0 Å². The van der Waals surface area contributed by atoms with Crippen LogP contribution in [0.1, 0.15) is 16.7 Å². The van der Waals surface area contributed by atoms with Crippen LogP contribution in [0, 0.1) is 0 Å². The Morgan fingerprint density at radius 3 is 1.77 bits per heavy atom. The number of hydrogen-bond donors (Lipinski definition) is 1. The summed E-state index contributed by atoms with van der Waals surface area (Å²) >= 11 is 0. The fourth-order valence-electron chi connectivity index (χ4n) is 2.68. The third kappa shape index (κ3) is 6.35. The minimum Gasteiger partial charge on any atom is -0.437 e. The number of nitrogens with one attached hydrogen (secondary N) is 1. The Labute approximate surface area is 191 Å². The highest BCUT2D eigenvalue weighted by Crippen LogP contribution is 2.40. The normalized spacial score (nSPS) is 12.9. The number of pyridine rings is 1. The van der Waals surface area contributed by atoms with Gasteiger partial charge >= 0.3 is 18.5 Å². The average Bonchev–Trinajstić information content (AvgIpc) is 2.73. The molecule has 0 saturated heterocycles. The van der Waals surface area contributed by atoms with Gasteiger partial charge in [0.2, 0.25) is 5.88 Å². The lowest BCUT2D eigenvalue weighted by Gasteiger charge is -2.17. The highest BCUT2D eigenvalue weighted by Gasteiger charge is 2.38. The standard InChI is InChI=1S/C20H11F9N2O3S/c21-18(22,23)11-4-5-16(34-17-3-1-2-6-30-17)15(10-11)31-35(32,33)14-8-12(19(24,25)26)7-13(9-14)20(27,28)29/h1-10,31H. The minimum absolute atomic E-state index is 0.0789. The van der Waals surface area contributed by atoms with Crippen molar-refractivity contribution in [1.82, 2.24) is 4.98 Å². The van der Waals surface area contributed by atoms with E-state index in [1.165, 1.54) is 24.4 Å². The van der Waals surface area contributed by atoms with Crippen LogP contribution < -0.4 is 9.46 Å². The number of rotatable bonds is 5. The van der Waals surface area contributed by atoms with E-state index in [2.05, 4.69) is 4.98 Å². The summed E-state index contributed by atoms with van der Waals surface area (Å²) in [6.45, 7) is 0. The number of nitrogens with zero attached hydrogens (tertiary/aromatic N) is 1. The summed E-state index contributed by atoms with van der Waals surface area (Å²) in [4.78, 5) is 2.26. The molecule has 0 saturated carbocycles. The van der Waals surface area contributed by atoms with Crippen molar-refractivity contribution >= 4 is 15.7 Å². The van der Waals surface area contributed by atoms with Crippen molar-refractivity contribution in [2.24, 2.45) is 0 Å². The lowest BCUT2D eigenvalue weighted by molar-refractivity contribution is -0.143. The molecule has 1 N–H and O–H groups in total. The van der Waals surface area contributed by atoms with Gasteiger partial charge in [-0.1, -0.05) is 6.07 Å². The molecule has 0 radical (unpaired) electrons. The zero-order valence-corrected chi connectivity index (χ0v) is 17.6. The van der Waals surface area contributed by atoms with Crippen molar-refractivity contribution in [3.63, 3.8) is 0 Å². The van der Waals surface area contributed by atoms with Crippen LogP contribution in [0.3, 0.4) is 0 Å². The summed E-state index contributed by atoms with van der Waals surface area (Å²) in [6.07, 6.45) is -14.4. The molecule has 0 fully saturated rings. The molecular weight excluding hydrogens is 519 g/mol. The van der Waals surface area contributed by atoms with Crippen molar-refractivity contribution in [3.05, 3.63) is 77.5 Å². The predicted molar refractivity (Wildman–Crippen MR) is 103 cm³/mol. The van der Waals surface area contributed by atoms with Gasteiger partial charge in [0.05, 0.1) is 27.3 Å². The zero-order valence-electron chi connectivity index (χ0n) is 16.8. The van der Waals surface area contributed by atoms with Gasteiger partial charge in [-0.15, -0.1) is 0 Å². The highest BCUT2D eigenvalue weighted by atomic mass is 32.2. The van der Waals surface area contributed by atoms with Gasteiger partial charge in [0.25, 0.3) is 10.0 Å². The molecule has 0 bridgehead atoms. The summed E-state index contributed by atoms with van der Waals surface area (Å²) in [5, 5.41) is 0. The van der Waals surface area contributed by atoms with Gasteiger partial charge in [-0.25, -0.2) is 13.4 Å². The molecule has 188 valence electrons. The van der Waals surface area contributed by atoms with E-state index in [-0.39, 0.29) is 30.1 Å². The van der Waals surface area contributed by atoms with E-state index in [1.807, 2.05) is 0 Å².